The average molecular weight is 212 g/mol. The standard InChI is InChI=1S/C9H8O6/c1-12-6-4(10)8-9(15-3-14-8)5(11)7(6)13-2/h3H2,1-2H3. The minimum atomic E-state index is -0.540. The molecule has 0 aromatic carbocycles. The third kappa shape index (κ3) is 1.18. The van der Waals surface area contributed by atoms with Gasteiger partial charge in [0, 0.05) is 0 Å². The highest BCUT2D eigenvalue weighted by molar-refractivity contribution is 6.22. The van der Waals surface area contributed by atoms with Gasteiger partial charge in [0.2, 0.25) is 29.8 Å². The molecular weight excluding hydrogens is 204 g/mol. The molecule has 0 amide bonds. The van der Waals surface area contributed by atoms with Crippen molar-refractivity contribution in [1.29, 1.82) is 0 Å². The zero-order valence-corrected chi connectivity index (χ0v) is 8.16. The Morgan fingerprint density at radius 2 is 1.33 bits per heavy atom. The van der Waals surface area contributed by atoms with Crippen molar-refractivity contribution in [2.75, 3.05) is 21.0 Å². The zero-order valence-electron chi connectivity index (χ0n) is 8.16. The Labute approximate surface area is 85.0 Å². The van der Waals surface area contributed by atoms with E-state index in [-0.39, 0.29) is 29.8 Å². The molecule has 0 aromatic heterocycles. The highest BCUT2D eigenvalue weighted by Gasteiger charge is 2.42. The van der Waals surface area contributed by atoms with Gasteiger partial charge in [-0.25, -0.2) is 0 Å². The summed E-state index contributed by atoms with van der Waals surface area (Å²) in [7, 11) is 2.56. The van der Waals surface area contributed by atoms with E-state index in [0.29, 0.717) is 0 Å². The molecule has 1 heterocycles. The molecule has 0 atom stereocenters. The normalized spacial score (nSPS) is 19.9. The van der Waals surface area contributed by atoms with Gasteiger partial charge in [-0.3, -0.25) is 9.59 Å². The first-order valence-electron chi connectivity index (χ1n) is 4.12. The van der Waals surface area contributed by atoms with Crippen LogP contribution in [0.4, 0.5) is 0 Å². The SMILES string of the molecule is COC1=C(OC)C(=O)C2=C(OCO2)C1=O. The molecule has 0 radical (unpaired) electrons. The molecule has 0 saturated heterocycles. The van der Waals surface area contributed by atoms with Crippen molar-refractivity contribution in [1.82, 2.24) is 0 Å². The number of ketones is 2. The lowest BCUT2D eigenvalue weighted by atomic mass is 10.1. The highest BCUT2D eigenvalue weighted by Crippen LogP contribution is 2.30. The number of rotatable bonds is 2. The molecule has 0 spiro atoms. The number of hydrogen-bond donors (Lipinski definition) is 0. The second-order valence-electron chi connectivity index (χ2n) is 2.79. The number of Topliss-reactive ketones (excluding diaryl/α,β-unsaturated/α-hetero) is 2. The van der Waals surface area contributed by atoms with E-state index in [9.17, 15) is 9.59 Å². The molecule has 1 aliphatic carbocycles. The van der Waals surface area contributed by atoms with E-state index in [1.807, 2.05) is 0 Å². The summed E-state index contributed by atoms with van der Waals surface area (Å²) in [5.41, 5.74) is 0. The van der Waals surface area contributed by atoms with Crippen molar-refractivity contribution < 1.29 is 28.5 Å². The maximum absolute atomic E-state index is 11.7. The first kappa shape index (κ1) is 9.57. The van der Waals surface area contributed by atoms with E-state index in [2.05, 4.69) is 0 Å². The van der Waals surface area contributed by atoms with Gasteiger partial charge in [0.05, 0.1) is 14.2 Å². The molecule has 6 nitrogen and oxygen atoms in total. The van der Waals surface area contributed by atoms with Gasteiger partial charge in [0.25, 0.3) is 11.6 Å². The second-order valence-corrected chi connectivity index (χ2v) is 2.79. The number of carbonyl (C=O) groups is 2. The van der Waals surface area contributed by atoms with E-state index < -0.39 is 11.6 Å². The van der Waals surface area contributed by atoms with Gasteiger partial charge in [-0.15, -0.1) is 0 Å². The van der Waals surface area contributed by atoms with Crippen LogP contribution in [0, 0.1) is 0 Å². The van der Waals surface area contributed by atoms with Crippen LogP contribution in [-0.4, -0.2) is 32.6 Å². The summed E-state index contributed by atoms with van der Waals surface area (Å²) in [6.07, 6.45) is 0. The quantitative estimate of drug-likeness (QED) is 0.593. The summed E-state index contributed by atoms with van der Waals surface area (Å²) in [4.78, 5) is 23.3. The van der Waals surface area contributed by atoms with Crippen LogP contribution in [0.3, 0.4) is 0 Å². The Kier molecular flexibility index (Phi) is 2.11. The van der Waals surface area contributed by atoms with Crippen molar-refractivity contribution >= 4 is 11.6 Å². The molecule has 0 saturated carbocycles. The highest BCUT2D eigenvalue weighted by atomic mass is 16.7. The predicted molar refractivity (Wildman–Crippen MR) is 45.1 cm³/mol. The van der Waals surface area contributed by atoms with Crippen LogP contribution in [0.5, 0.6) is 0 Å². The van der Waals surface area contributed by atoms with Gasteiger partial charge < -0.3 is 18.9 Å². The van der Waals surface area contributed by atoms with Gasteiger partial charge in [-0.05, 0) is 0 Å². The maximum Gasteiger partial charge on any atom is 0.270 e. The number of hydrogen-bond acceptors (Lipinski definition) is 6. The molecule has 2 aliphatic rings. The summed E-state index contributed by atoms with van der Waals surface area (Å²) in [5, 5.41) is 0. The Bertz CT molecular complexity index is 367. The summed E-state index contributed by atoms with van der Waals surface area (Å²) >= 11 is 0. The lowest BCUT2D eigenvalue weighted by Gasteiger charge is -2.14. The van der Waals surface area contributed by atoms with Gasteiger partial charge in [-0.1, -0.05) is 0 Å². The summed E-state index contributed by atoms with van der Waals surface area (Å²) in [6, 6.07) is 0. The second kappa shape index (κ2) is 3.30. The van der Waals surface area contributed by atoms with Crippen LogP contribution in [0.2, 0.25) is 0 Å². The Balaban J connectivity index is 2.50. The lowest BCUT2D eigenvalue weighted by molar-refractivity contribution is -0.123. The fraction of sp³-hybridized carbons (Fsp3) is 0.333. The predicted octanol–water partition coefficient (Wildman–Crippen LogP) is -0.142. The maximum atomic E-state index is 11.7. The van der Waals surface area contributed by atoms with Crippen molar-refractivity contribution in [3.8, 4) is 0 Å². The molecular formula is C9H8O6. The zero-order chi connectivity index (χ0) is 11.0. The van der Waals surface area contributed by atoms with E-state index in [1.54, 1.807) is 0 Å². The minimum absolute atomic E-state index is 0.113. The molecule has 0 aromatic rings. The molecule has 0 N–H and O–H groups in total. The molecule has 1 aliphatic heterocycles. The average Bonchev–Trinajstić information content (AvgIpc) is 2.72. The van der Waals surface area contributed by atoms with Gasteiger partial charge in [0.1, 0.15) is 0 Å². The van der Waals surface area contributed by atoms with Gasteiger partial charge >= 0.3 is 0 Å². The van der Waals surface area contributed by atoms with Crippen LogP contribution >= 0.6 is 0 Å². The molecule has 80 valence electrons. The minimum Gasteiger partial charge on any atom is -0.489 e. The van der Waals surface area contributed by atoms with Gasteiger partial charge in [-0.2, -0.15) is 0 Å². The third-order valence-corrected chi connectivity index (χ3v) is 2.05. The van der Waals surface area contributed by atoms with E-state index in [4.69, 9.17) is 18.9 Å². The fourth-order valence-corrected chi connectivity index (χ4v) is 1.40. The third-order valence-electron chi connectivity index (χ3n) is 2.05. The summed E-state index contributed by atoms with van der Waals surface area (Å²) < 4.78 is 19.4. The van der Waals surface area contributed by atoms with Crippen molar-refractivity contribution in [2.45, 2.75) is 0 Å². The Hall–Kier alpha value is -1.98. The molecule has 15 heavy (non-hydrogen) atoms. The lowest BCUT2D eigenvalue weighted by Crippen LogP contribution is -2.24. The van der Waals surface area contributed by atoms with Crippen molar-refractivity contribution in [3.05, 3.63) is 23.0 Å². The molecule has 0 fully saturated rings. The summed E-state index contributed by atoms with van der Waals surface area (Å²) in [6.45, 7) is -0.143. The summed E-state index contributed by atoms with van der Waals surface area (Å²) in [5.74, 6) is -1.63. The Morgan fingerprint density at radius 1 is 0.933 bits per heavy atom. The van der Waals surface area contributed by atoms with E-state index in [0.717, 1.165) is 0 Å². The first-order chi connectivity index (χ1) is 7.20. The fourth-order valence-electron chi connectivity index (χ4n) is 1.40. The Morgan fingerprint density at radius 3 is 1.67 bits per heavy atom. The molecule has 6 heteroatoms. The molecule has 0 bridgehead atoms. The van der Waals surface area contributed by atoms with E-state index >= 15 is 0 Å². The van der Waals surface area contributed by atoms with E-state index in [1.165, 1.54) is 14.2 Å². The topological polar surface area (TPSA) is 71.1 Å². The van der Waals surface area contributed by atoms with Crippen LogP contribution in [0.15, 0.2) is 23.0 Å². The van der Waals surface area contributed by atoms with Crippen LogP contribution in [-0.2, 0) is 28.5 Å². The number of methoxy groups -OCH3 is 2. The number of ether oxygens (including phenoxy) is 4. The molecule has 0 unspecified atom stereocenters. The van der Waals surface area contributed by atoms with Crippen molar-refractivity contribution in [3.63, 3.8) is 0 Å². The number of carbonyl (C=O) groups excluding carboxylic acids is 2. The largest absolute Gasteiger partial charge is 0.489 e. The van der Waals surface area contributed by atoms with Crippen LogP contribution in [0.1, 0.15) is 0 Å². The van der Waals surface area contributed by atoms with Crippen LogP contribution in [0.25, 0.3) is 0 Å². The van der Waals surface area contributed by atoms with Crippen molar-refractivity contribution in [2.24, 2.45) is 0 Å². The van der Waals surface area contributed by atoms with Crippen LogP contribution < -0.4 is 0 Å². The smallest absolute Gasteiger partial charge is 0.270 e. The monoisotopic (exact) mass is 212 g/mol. The molecule has 2 rings (SSSR count). The van der Waals surface area contributed by atoms with Gasteiger partial charge in [0.15, 0.2) is 0 Å². The first-order valence-corrected chi connectivity index (χ1v) is 4.12.